The van der Waals surface area contributed by atoms with Crippen LogP contribution in [-0.2, 0) is 24.8 Å². The number of carbonyl (C=O) groups excluding carboxylic acids is 1. The Kier molecular flexibility index (Phi) is 7.62. The van der Waals surface area contributed by atoms with Crippen LogP contribution in [-0.4, -0.2) is 64.1 Å². The van der Waals surface area contributed by atoms with Crippen LogP contribution in [0.1, 0.15) is 0 Å². The number of amides is 1. The summed E-state index contributed by atoms with van der Waals surface area (Å²) in [6.07, 6.45) is 0. The number of carbonyl (C=O) groups is 1. The first-order valence-corrected chi connectivity index (χ1v) is 14.7. The molecule has 0 aliphatic carbocycles. The minimum absolute atomic E-state index is 0.0417. The Morgan fingerprint density at radius 3 is 1.94 bits per heavy atom. The molecule has 4 rings (SSSR count). The van der Waals surface area contributed by atoms with Crippen molar-refractivity contribution >= 4 is 48.5 Å². The molecule has 1 saturated heterocycles. The number of rotatable bonds is 6. The van der Waals surface area contributed by atoms with Crippen LogP contribution in [0.4, 0.5) is 0 Å². The van der Waals surface area contributed by atoms with Gasteiger partial charge in [0.1, 0.15) is 6.04 Å². The van der Waals surface area contributed by atoms with E-state index in [1.165, 1.54) is 35.6 Å². The highest BCUT2D eigenvalue weighted by Gasteiger charge is 2.43. The summed E-state index contributed by atoms with van der Waals surface area (Å²) in [5.74, 6) is -0.572. The van der Waals surface area contributed by atoms with Gasteiger partial charge >= 0.3 is 0 Å². The van der Waals surface area contributed by atoms with Gasteiger partial charge in [-0.2, -0.15) is 8.61 Å². The standard InChI is InChI=1S/C24H24IN3O5S2/c1-26-24(29)23-17-27(34(30,31)21-13-9-20(25)10-14-21)15-16-28(23)35(32,33)22-11-7-19(8-12-22)18-5-3-2-4-6-18/h2-14,23H,15-17H2,1H3,(H,26,29). The predicted octanol–water partition coefficient (Wildman–Crippen LogP) is 2.77. The second kappa shape index (κ2) is 10.3. The topological polar surface area (TPSA) is 104 Å². The Morgan fingerprint density at radius 1 is 0.800 bits per heavy atom. The van der Waals surface area contributed by atoms with E-state index < -0.39 is 32.0 Å². The molecule has 0 radical (unpaired) electrons. The van der Waals surface area contributed by atoms with Gasteiger partial charge in [0, 0.05) is 30.3 Å². The molecule has 1 aliphatic heterocycles. The summed E-state index contributed by atoms with van der Waals surface area (Å²) in [6, 6.07) is 21.2. The second-order valence-corrected chi connectivity index (χ2v) is 13.0. The van der Waals surface area contributed by atoms with Gasteiger partial charge in [-0.1, -0.05) is 42.5 Å². The normalized spacial score (nSPS) is 17.7. The molecule has 8 nitrogen and oxygen atoms in total. The molecule has 3 aromatic carbocycles. The van der Waals surface area contributed by atoms with Crippen molar-refractivity contribution in [1.82, 2.24) is 13.9 Å². The highest BCUT2D eigenvalue weighted by Crippen LogP contribution is 2.27. The molecule has 1 N–H and O–H groups in total. The third kappa shape index (κ3) is 5.28. The number of benzene rings is 3. The number of sulfonamides is 2. The molecular formula is C24H24IN3O5S2. The van der Waals surface area contributed by atoms with Gasteiger partial charge in [0.15, 0.2) is 0 Å². The fraction of sp³-hybridized carbons (Fsp3) is 0.208. The lowest BCUT2D eigenvalue weighted by molar-refractivity contribution is -0.125. The Hall–Kier alpha value is -2.32. The van der Waals surface area contributed by atoms with Crippen LogP contribution in [0, 0.1) is 3.57 Å². The van der Waals surface area contributed by atoms with E-state index in [9.17, 15) is 21.6 Å². The average molecular weight is 626 g/mol. The lowest BCUT2D eigenvalue weighted by Gasteiger charge is -2.38. The van der Waals surface area contributed by atoms with E-state index in [2.05, 4.69) is 27.9 Å². The third-order valence-electron chi connectivity index (χ3n) is 5.86. The highest BCUT2D eigenvalue weighted by molar-refractivity contribution is 14.1. The molecule has 0 spiro atoms. The van der Waals surface area contributed by atoms with Crippen LogP contribution in [0.25, 0.3) is 11.1 Å². The van der Waals surface area contributed by atoms with Crippen molar-refractivity contribution in [3.8, 4) is 11.1 Å². The SMILES string of the molecule is CNC(=O)C1CN(S(=O)(=O)c2ccc(I)cc2)CCN1S(=O)(=O)c1ccc(-c2ccccc2)cc1. The lowest BCUT2D eigenvalue weighted by Crippen LogP contribution is -2.61. The number of piperazine rings is 1. The van der Waals surface area contributed by atoms with E-state index in [-0.39, 0.29) is 29.4 Å². The zero-order valence-electron chi connectivity index (χ0n) is 18.8. The van der Waals surface area contributed by atoms with E-state index in [1.807, 2.05) is 30.3 Å². The highest BCUT2D eigenvalue weighted by atomic mass is 127. The Morgan fingerprint density at radius 2 is 1.34 bits per heavy atom. The van der Waals surface area contributed by atoms with Gasteiger partial charge in [-0.15, -0.1) is 0 Å². The maximum absolute atomic E-state index is 13.5. The number of hydrogen-bond donors (Lipinski definition) is 1. The van der Waals surface area contributed by atoms with Crippen LogP contribution in [0.2, 0.25) is 0 Å². The molecule has 1 fully saturated rings. The molecule has 184 valence electrons. The number of hydrogen-bond acceptors (Lipinski definition) is 5. The van der Waals surface area contributed by atoms with E-state index >= 15 is 0 Å². The summed E-state index contributed by atoms with van der Waals surface area (Å²) in [4.78, 5) is 12.8. The molecule has 1 unspecified atom stereocenters. The van der Waals surface area contributed by atoms with Gasteiger partial charge in [-0.25, -0.2) is 16.8 Å². The zero-order chi connectivity index (χ0) is 25.2. The molecule has 3 aromatic rings. The first-order chi connectivity index (χ1) is 16.6. The molecule has 0 bridgehead atoms. The maximum Gasteiger partial charge on any atom is 0.243 e. The van der Waals surface area contributed by atoms with Crippen LogP contribution in [0.3, 0.4) is 0 Å². The Labute approximate surface area is 219 Å². The van der Waals surface area contributed by atoms with Gasteiger partial charge < -0.3 is 5.32 Å². The summed E-state index contributed by atoms with van der Waals surface area (Å²) >= 11 is 2.08. The number of nitrogens with one attached hydrogen (secondary N) is 1. The lowest BCUT2D eigenvalue weighted by atomic mass is 10.1. The first kappa shape index (κ1) is 25.8. The van der Waals surface area contributed by atoms with Gasteiger partial charge in [0.05, 0.1) is 9.79 Å². The monoisotopic (exact) mass is 625 g/mol. The van der Waals surface area contributed by atoms with E-state index in [0.717, 1.165) is 19.0 Å². The quantitative estimate of drug-likeness (QED) is 0.425. The maximum atomic E-state index is 13.5. The summed E-state index contributed by atoms with van der Waals surface area (Å²) in [5, 5.41) is 2.47. The smallest absolute Gasteiger partial charge is 0.243 e. The fourth-order valence-electron chi connectivity index (χ4n) is 3.97. The molecule has 1 amide bonds. The van der Waals surface area contributed by atoms with E-state index in [1.54, 1.807) is 24.3 Å². The van der Waals surface area contributed by atoms with Crippen LogP contribution in [0.15, 0.2) is 88.7 Å². The molecule has 1 aliphatic rings. The van der Waals surface area contributed by atoms with Crippen LogP contribution < -0.4 is 5.32 Å². The van der Waals surface area contributed by atoms with Crippen molar-refractivity contribution < 1.29 is 21.6 Å². The van der Waals surface area contributed by atoms with Crippen molar-refractivity contribution in [2.75, 3.05) is 26.7 Å². The van der Waals surface area contributed by atoms with Crippen molar-refractivity contribution in [1.29, 1.82) is 0 Å². The van der Waals surface area contributed by atoms with Crippen LogP contribution in [0.5, 0.6) is 0 Å². The summed E-state index contributed by atoms with van der Waals surface area (Å²) in [5.41, 5.74) is 1.81. The van der Waals surface area contributed by atoms with E-state index in [0.29, 0.717) is 0 Å². The minimum Gasteiger partial charge on any atom is -0.358 e. The van der Waals surface area contributed by atoms with Gasteiger partial charge in [0.25, 0.3) is 0 Å². The summed E-state index contributed by atoms with van der Waals surface area (Å²) in [6.45, 7) is -0.497. The molecule has 0 aromatic heterocycles. The van der Waals surface area contributed by atoms with Crippen LogP contribution >= 0.6 is 22.6 Å². The Bertz CT molecular complexity index is 1410. The molecule has 1 heterocycles. The van der Waals surface area contributed by atoms with E-state index in [4.69, 9.17) is 0 Å². The average Bonchev–Trinajstić information content (AvgIpc) is 2.88. The molecular weight excluding hydrogens is 601 g/mol. The van der Waals surface area contributed by atoms with Gasteiger partial charge in [-0.3, -0.25) is 4.79 Å². The van der Waals surface area contributed by atoms with Crippen molar-refractivity contribution in [3.63, 3.8) is 0 Å². The largest absolute Gasteiger partial charge is 0.358 e. The summed E-state index contributed by atoms with van der Waals surface area (Å²) in [7, 11) is -6.55. The van der Waals surface area contributed by atoms with Crippen molar-refractivity contribution in [2.24, 2.45) is 0 Å². The van der Waals surface area contributed by atoms with Gasteiger partial charge in [-0.05, 0) is 70.1 Å². The van der Waals surface area contributed by atoms with Crippen molar-refractivity contribution in [2.45, 2.75) is 15.8 Å². The summed E-state index contributed by atoms with van der Waals surface area (Å²) < 4.78 is 56.5. The zero-order valence-corrected chi connectivity index (χ0v) is 22.6. The van der Waals surface area contributed by atoms with Gasteiger partial charge in [0.2, 0.25) is 26.0 Å². The molecule has 1 atom stereocenters. The Balaban J connectivity index is 1.62. The third-order valence-corrected chi connectivity index (χ3v) is 10.4. The number of likely N-dealkylation sites (N-methyl/N-ethyl adjacent to an activating group) is 1. The predicted molar refractivity (Wildman–Crippen MR) is 142 cm³/mol. The molecule has 0 saturated carbocycles. The molecule has 35 heavy (non-hydrogen) atoms. The second-order valence-electron chi connectivity index (χ2n) is 7.95. The van der Waals surface area contributed by atoms with Crippen molar-refractivity contribution in [3.05, 3.63) is 82.4 Å². The first-order valence-electron chi connectivity index (χ1n) is 10.8. The number of nitrogens with zero attached hydrogens (tertiary/aromatic N) is 2. The fourth-order valence-corrected chi connectivity index (χ4v) is 7.34. The number of halogens is 1. The molecule has 11 heteroatoms. The minimum atomic E-state index is -4.05.